The van der Waals surface area contributed by atoms with E-state index < -0.39 is 44.9 Å². The van der Waals surface area contributed by atoms with Gasteiger partial charge in [0, 0.05) is 51.6 Å². The van der Waals surface area contributed by atoms with Gasteiger partial charge in [-0.1, -0.05) is 39.8 Å². The van der Waals surface area contributed by atoms with Crippen LogP contribution in [-0.4, -0.2) is 66.2 Å². The molecule has 288 valence electrons. The number of hydrogen-bond acceptors (Lipinski definition) is 11. The van der Waals surface area contributed by atoms with Gasteiger partial charge in [-0.05, 0) is 85.4 Å². The van der Waals surface area contributed by atoms with Crippen molar-refractivity contribution in [2.24, 2.45) is 34.0 Å². The predicted octanol–water partition coefficient (Wildman–Crippen LogP) is 6.54. The molecule has 2 bridgehead atoms. The van der Waals surface area contributed by atoms with Gasteiger partial charge < -0.3 is 19.9 Å². The molecule has 0 spiro atoms. The second-order valence-corrected chi connectivity index (χ2v) is 18.1. The lowest BCUT2D eigenvalue weighted by atomic mass is 9.44. The molecule has 0 aliphatic heterocycles. The summed E-state index contributed by atoms with van der Waals surface area (Å²) in [6.07, 6.45) is 5.11. The Hall–Kier alpha value is -4.27. The molecule has 54 heavy (non-hydrogen) atoms. The van der Waals surface area contributed by atoms with Gasteiger partial charge in [-0.25, -0.2) is 18.1 Å². The molecule has 1 amide bonds. The number of hydrogen-bond donors (Lipinski definition) is 3. The van der Waals surface area contributed by atoms with Gasteiger partial charge in [0.1, 0.15) is 11.9 Å². The largest absolute Gasteiger partial charge is 0.481 e. The summed E-state index contributed by atoms with van der Waals surface area (Å²) in [6, 6.07) is 13.9. The number of sulfonamides is 1. The molecular weight excluding hydrogens is 729 g/mol. The molecule has 0 radical (unpaired) electrons. The number of nitrogens with one attached hydrogen (secondary N) is 2. The van der Waals surface area contributed by atoms with Gasteiger partial charge in [-0.15, -0.1) is 18.3 Å². The Labute approximate surface area is 321 Å². The number of carbonyl (C=O) groups excluding carboxylic acids is 3. The van der Waals surface area contributed by atoms with Crippen molar-refractivity contribution in [1.29, 1.82) is 0 Å². The molecule has 3 saturated carbocycles. The number of esters is 1. The molecule has 3 N–H and O–H groups in total. The van der Waals surface area contributed by atoms with E-state index in [-0.39, 0.29) is 51.4 Å². The van der Waals surface area contributed by atoms with E-state index in [4.69, 9.17) is 9.47 Å². The number of aliphatic hydroxyl groups excluding tert-OH is 1. The molecule has 3 fully saturated rings. The van der Waals surface area contributed by atoms with Crippen LogP contribution in [0, 0.1) is 34.0 Å². The molecule has 3 aliphatic rings. The van der Waals surface area contributed by atoms with Crippen LogP contribution in [0.2, 0.25) is 0 Å². The fourth-order valence-corrected chi connectivity index (χ4v) is 10.9. The minimum atomic E-state index is -4.01. The number of rotatable bonds is 11. The summed E-state index contributed by atoms with van der Waals surface area (Å²) in [5.41, 5.74) is -0.970. The first kappa shape index (κ1) is 39.4. The first-order valence-electron chi connectivity index (χ1n) is 18.1. The topological polar surface area (TPSA) is 174 Å². The maximum atomic E-state index is 13.7. The Morgan fingerprint density at radius 3 is 2.56 bits per heavy atom. The zero-order chi connectivity index (χ0) is 39.1. The number of carbonyl (C=O) groups is 3. The zero-order valence-electron chi connectivity index (χ0n) is 31.2. The van der Waals surface area contributed by atoms with E-state index in [9.17, 15) is 27.9 Å². The fraction of sp³-hybridized carbons (Fsp3) is 0.475. The third-order valence-electron chi connectivity index (χ3n) is 12.5. The number of amides is 1. The van der Waals surface area contributed by atoms with Crippen molar-refractivity contribution in [3.05, 3.63) is 79.0 Å². The SMILES string of the molecule is C=C[C@]1(C)C[C@@H](OC(=O)CSc2cccc(C(=O)Nc3ccc(S(=O)(=O)Nc4nccc(OC)n4)cc3)c2)[C@]2(C)[C@H](C)CC[C@]3(CCC(=O)[C@H]32)[C@@H](C)[C@@H]1O. The van der Waals surface area contributed by atoms with Gasteiger partial charge in [-0.3, -0.25) is 14.4 Å². The third-order valence-corrected chi connectivity index (χ3v) is 14.8. The molecule has 3 aromatic rings. The van der Waals surface area contributed by atoms with E-state index in [0.717, 1.165) is 19.3 Å². The maximum Gasteiger partial charge on any atom is 0.316 e. The minimum Gasteiger partial charge on any atom is -0.481 e. The summed E-state index contributed by atoms with van der Waals surface area (Å²) in [7, 11) is -2.60. The average molecular weight is 777 g/mol. The summed E-state index contributed by atoms with van der Waals surface area (Å²) in [4.78, 5) is 49.0. The Bertz CT molecular complexity index is 2040. The number of aliphatic hydroxyl groups is 1. The highest BCUT2D eigenvalue weighted by Crippen LogP contribution is 2.68. The molecule has 3 aliphatic carbocycles. The molecule has 2 aromatic carbocycles. The first-order chi connectivity index (χ1) is 25.6. The average Bonchev–Trinajstić information content (AvgIpc) is 3.52. The normalized spacial score (nSPS) is 30.6. The molecular formula is C40H48N4O8S2. The summed E-state index contributed by atoms with van der Waals surface area (Å²) in [5, 5.41) is 14.6. The number of thioether (sulfide) groups is 1. The van der Waals surface area contributed by atoms with Gasteiger partial charge >= 0.3 is 5.97 Å². The van der Waals surface area contributed by atoms with Crippen molar-refractivity contribution in [1.82, 2.24) is 9.97 Å². The van der Waals surface area contributed by atoms with Crippen LogP contribution < -0.4 is 14.8 Å². The van der Waals surface area contributed by atoms with Crippen LogP contribution in [0.1, 0.15) is 70.2 Å². The number of anilines is 2. The maximum absolute atomic E-state index is 13.7. The summed E-state index contributed by atoms with van der Waals surface area (Å²) >= 11 is 1.24. The second kappa shape index (κ2) is 15.1. The van der Waals surface area contributed by atoms with Crippen molar-refractivity contribution in [3.63, 3.8) is 0 Å². The standard InChI is InChI=1S/C40H48N4O8S2/c1-7-38(4)22-31(39(5)24(2)15-18-40(25(3)35(38)47)19-16-30(45)34(39)40)52-33(46)23-53-28-10-8-9-26(21-28)36(48)42-27-11-13-29(14-12-27)54(49,50)44-37-41-20-17-32(43-37)51-6/h7-14,17,20-21,24-25,31,34-35,47H,1,15-16,18-19,22-23H2,2-6H3,(H,42,48)(H,41,43,44)/t24-,25+,31-,34+,35+,38-,39+,40+/m1/s1. The van der Waals surface area contributed by atoms with Crippen molar-refractivity contribution in [2.45, 2.75) is 81.8 Å². The lowest BCUT2D eigenvalue weighted by Crippen LogP contribution is -2.63. The van der Waals surface area contributed by atoms with Gasteiger partial charge in [-0.2, -0.15) is 4.98 Å². The van der Waals surface area contributed by atoms with Crippen LogP contribution in [0.15, 0.2) is 83.2 Å². The van der Waals surface area contributed by atoms with E-state index in [2.05, 4.69) is 47.4 Å². The van der Waals surface area contributed by atoms with Gasteiger partial charge in [0.15, 0.2) is 0 Å². The Kier molecular flexibility index (Phi) is 11.0. The van der Waals surface area contributed by atoms with Crippen LogP contribution in [0.4, 0.5) is 11.6 Å². The summed E-state index contributed by atoms with van der Waals surface area (Å²) < 4.78 is 39.4. The smallest absolute Gasteiger partial charge is 0.316 e. The Morgan fingerprint density at radius 2 is 1.85 bits per heavy atom. The number of benzene rings is 2. The van der Waals surface area contributed by atoms with Gasteiger partial charge in [0.2, 0.25) is 11.8 Å². The number of ether oxygens (including phenoxy) is 2. The lowest BCUT2D eigenvalue weighted by molar-refractivity contribution is -0.205. The molecule has 1 aromatic heterocycles. The zero-order valence-corrected chi connectivity index (χ0v) is 32.8. The fourth-order valence-electron chi connectivity index (χ4n) is 9.17. The highest BCUT2D eigenvalue weighted by Gasteiger charge is 2.68. The Morgan fingerprint density at radius 1 is 1.11 bits per heavy atom. The Balaban J connectivity index is 1.12. The highest BCUT2D eigenvalue weighted by molar-refractivity contribution is 8.00. The molecule has 0 unspecified atom stereocenters. The number of Topliss-reactive ketones (excluding diaryl/α,β-unsaturated/α-hetero) is 1. The van der Waals surface area contributed by atoms with Gasteiger partial charge in [0.05, 0.1) is 23.9 Å². The first-order valence-corrected chi connectivity index (χ1v) is 20.6. The second-order valence-electron chi connectivity index (χ2n) is 15.4. The number of nitrogens with zero attached hydrogens (tertiary/aromatic N) is 2. The highest BCUT2D eigenvalue weighted by atomic mass is 32.2. The van der Waals surface area contributed by atoms with Crippen molar-refractivity contribution >= 4 is 51.1 Å². The predicted molar refractivity (Wildman–Crippen MR) is 206 cm³/mol. The number of methoxy groups -OCH3 is 1. The third kappa shape index (κ3) is 7.27. The van der Waals surface area contributed by atoms with E-state index in [1.807, 2.05) is 6.92 Å². The summed E-state index contributed by atoms with van der Waals surface area (Å²) in [5.74, 6) is -0.919. The minimum absolute atomic E-state index is 0.0235. The molecule has 12 nitrogen and oxygen atoms in total. The van der Waals surface area contributed by atoms with Crippen LogP contribution in [0.25, 0.3) is 0 Å². The molecule has 0 saturated heterocycles. The van der Waals surface area contributed by atoms with E-state index in [0.29, 0.717) is 29.0 Å². The van der Waals surface area contributed by atoms with Crippen LogP contribution in [0.3, 0.4) is 0 Å². The summed E-state index contributed by atoms with van der Waals surface area (Å²) in [6.45, 7) is 12.4. The van der Waals surface area contributed by atoms with Crippen molar-refractivity contribution in [2.75, 3.05) is 22.9 Å². The quantitative estimate of drug-likeness (QED) is 0.110. The number of ketones is 1. The molecule has 1 heterocycles. The van der Waals surface area contributed by atoms with Crippen LogP contribution in [-0.2, 0) is 24.3 Å². The monoisotopic (exact) mass is 776 g/mol. The van der Waals surface area contributed by atoms with Gasteiger partial charge in [0.25, 0.3) is 15.9 Å². The van der Waals surface area contributed by atoms with Crippen molar-refractivity contribution in [3.8, 4) is 5.88 Å². The lowest BCUT2D eigenvalue weighted by Gasteiger charge is -2.61. The van der Waals surface area contributed by atoms with Crippen LogP contribution in [0.5, 0.6) is 5.88 Å². The molecule has 8 atom stereocenters. The van der Waals surface area contributed by atoms with E-state index >= 15 is 0 Å². The van der Waals surface area contributed by atoms with Crippen LogP contribution >= 0.6 is 11.8 Å². The van der Waals surface area contributed by atoms with Crippen molar-refractivity contribution < 1.29 is 37.4 Å². The molecule has 6 rings (SSSR count). The van der Waals surface area contributed by atoms with E-state index in [1.165, 1.54) is 55.4 Å². The van der Waals surface area contributed by atoms with E-state index in [1.54, 1.807) is 30.3 Å². The number of aromatic nitrogens is 2. The molecule has 14 heteroatoms.